The van der Waals surface area contributed by atoms with Gasteiger partial charge in [0, 0.05) is 15.8 Å². The van der Waals surface area contributed by atoms with Gasteiger partial charge in [0.05, 0.1) is 11.9 Å². The highest BCUT2D eigenvalue weighted by Gasteiger charge is 2.18. The number of carbonyl (C=O) groups excluding carboxylic acids is 3. The van der Waals surface area contributed by atoms with Crippen LogP contribution in [0.1, 0.15) is 31.3 Å². The van der Waals surface area contributed by atoms with Crippen molar-refractivity contribution in [2.24, 2.45) is 5.73 Å². The molecule has 0 spiro atoms. The Kier molecular flexibility index (Phi) is 5.50. The van der Waals surface area contributed by atoms with Gasteiger partial charge < -0.3 is 21.4 Å². The van der Waals surface area contributed by atoms with E-state index in [4.69, 9.17) is 5.73 Å². The molecule has 5 N–H and O–H groups in total. The lowest BCUT2D eigenvalue weighted by atomic mass is 10.2. The van der Waals surface area contributed by atoms with Gasteiger partial charge in [-0.2, -0.15) is 0 Å². The Morgan fingerprint density at radius 1 is 1.00 bits per heavy atom. The van der Waals surface area contributed by atoms with Crippen molar-refractivity contribution in [3.8, 4) is 0 Å². The SMILES string of the molecule is NC(=O)c1nc[nH]c1C(=O)Nc1ccc(NC(=O)c2ccc(F)cc2Br)cc1. The monoisotopic (exact) mass is 445 g/mol. The molecule has 3 rings (SSSR count). The number of nitrogens with two attached hydrogens (primary N) is 1. The van der Waals surface area contributed by atoms with E-state index < -0.39 is 23.5 Å². The average molecular weight is 446 g/mol. The van der Waals surface area contributed by atoms with Crippen molar-refractivity contribution in [3.63, 3.8) is 0 Å². The fourth-order valence-electron chi connectivity index (χ4n) is 2.36. The number of aromatic amines is 1. The van der Waals surface area contributed by atoms with Crippen LogP contribution in [0, 0.1) is 5.82 Å². The Morgan fingerprint density at radius 2 is 1.61 bits per heavy atom. The zero-order valence-electron chi connectivity index (χ0n) is 14.1. The molecule has 3 amide bonds. The van der Waals surface area contributed by atoms with Crippen LogP contribution in [-0.4, -0.2) is 27.7 Å². The molecule has 0 unspecified atom stereocenters. The van der Waals surface area contributed by atoms with Crippen LogP contribution in [0.2, 0.25) is 0 Å². The second-order valence-electron chi connectivity index (χ2n) is 5.60. The van der Waals surface area contributed by atoms with Gasteiger partial charge in [-0.05, 0) is 58.4 Å². The highest BCUT2D eigenvalue weighted by atomic mass is 79.9. The lowest BCUT2D eigenvalue weighted by molar-refractivity contribution is 0.0972. The first-order valence-electron chi connectivity index (χ1n) is 7.86. The molecule has 142 valence electrons. The number of primary amides is 1. The largest absolute Gasteiger partial charge is 0.364 e. The van der Waals surface area contributed by atoms with Crippen LogP contribution in [0.5, 0.6) is 0 Å². The number of imidazole rings is 1. The molecule has 0 aliphatic carbocycles. The number of H-pyrrole nitrogens is 1. The van der Waals surface area contributed by atoms with E-state index in [1.54, 1.807) is 24.3 Å². The third-order valence-electron chi connectivity index (χ3n) is 3.68. The van der Waals surface area contributed by atoms with Crippen molar-refractivity contribution in [1.82, 2.24) is 9.97 Å². The van der Waals surface area contributed by atoms with E-state index in [0.29, 0.717) is 15.8 Å². The van der Waals surface area contributed by atoms with E-state index in [0.717, 1.165) is 0 Å². The summed E-state index contributed by atoms with van der Waals surface area (Å²) in [5, 5.41) is 5.26. The van der Waals surface area contributed by atoms with E-state index in [1.165, 1.54) is 24.5 Å². The van der Waals surface area contributed by atoms with E-state index in [-0.39, 0.29) is 17.0 Å². The zero-order chi connectivity index (χ0) is 20.3. The zero-order valence-corrected chi connectivity index (χ0v) is 15.7. The molecule has 8 nitrogen and oxygen atoms in total. The lowest BCUT2D eigenvalue weighted by Crippen LogP contribution is -2.20. The molecule has 0 aliphatic heterocycles. The summed E-state index contributed by atoms with van der Waals surface area (Å²) in [6.07, 6.45) is 1.20. The smallest absolute Gasteiger partial charge is 0.274 e. The van der Waals surface area contributed by atoms with E-state index in [9.17, 15) is 18.8 Å². The maximum atomic E-state index is 13.1. The number of aromatic nitrogens is 2. The van der Waals surface area contributed by atoms with Crippen LogP contribution < -0.4 is 16.4 Å². The maximum Gasteiger partial charge on any atom is 0.274 e. The summed E-state index contributed by atoms with van der Waals surface area (Å²) >= 11 is 3.15. The molecule has 0 saturated heterocycles. The van der Waals surface area contributed by atoms with Gasteiger partial charge in [-0.25, -0.2) is 9.37 Å². The molecule has 1 heterocycles. The lowest BCUT2D eigenvalue weighted by Gasteiger charge is -2.09. The molecule has 3 aromatic rings. The fourth-order valence-corrected chi connectivity index (χ4v) is 2.89. The van der Waals surface area contributed by atoms with Crippen molar-refractivity contribution in [2.45, 2.75) is 0 Å². The number of nitrogens with one attached hydrogen (secondary N) is 3. The quantitative estimate of drug-likeness (QED) is 0.480. The van der Waals surface area contributed by atoms with Gasteiger partial charge in [0.2, 0.25) is 0 Å². The fraction of sp³-hybridized carbons (Fsp3) is 0. The van der Waals surface area contributed by atoms with Gasteiger partial charge in [-0.3, -0.25) is 14.4 Å². The molecular formula is C18H13BrFN5O3. The van der Waals surface area contributed by atoms with Crippen molar-refractivity contribution in [3.05, 3.63) is 76.0 Å². The minimum absolute atomic E-state index is 0.0500. The number of amides is 3. The normalized spacial score (nSPS) is 10.4. The summed E-state index contributed by atoms with van der Waals surface area (Å²) in [4.78, 5) is 42.0. The van der Waals surface area contributed by atoms with Gasteiger partial charge in [0.1, 0.15) is 11.5 Å². The number of halogens is 2. The molecule has 0 atom stereocenters. The standard InChI is InChI=1S/C18H13BrFN5O3/c19-13-7-9(20)1-6-12(13)17(27)24-10-2-4-11(5-3-10)25-18(28)15-14(16(21)26)22-8-23-15/h1-8H,(H2,21,26)(H,22,23)(H,24,27)(H,25,28). The first kappa shape index (κ1) is 19.2. The number of hydrogen-bond donors (Lipinski definition) is 4. The summed E-state index contributed by atoms with van der Waals surface area (Å²) in [7, 11) is 0. The Morgan fingerprint density at radius 3 is 2.18 bits per heavy atom. The van der Waals surface area contributed by atoms with Gasteiger partial charge in [-0.15, -0.1) is 0 Å². The Bertz CT molecular complexity index is 1070. The molecule has 28 heavy (non-hydrogen) atoms. The van der Waals surface area contributed by atoms with Crippen LogP contribution in [0.4, 0.5) is 15.8 Å². The molecule has 0 fully saturated rings. The molecule has 2 aromatic carbocycles. The maximum absolute atomic E-state index is 13.1. The van der Waals surface area contributed by atoms with E-state index in [1.807, 2.05) is 0 Å². The highest BCUT2D eigenvalue weighted by Crippen LogP contribution is 2.21. The van der Waals surface area contributed by atoms with Gasteiger partial charge in [0.15, 0.2) is 5.69 Å². The topological polar surface area (TPSA) is 130 Å². The molecule has 0 aliphatic rings. The molecule has 1 aromatic heterocycles. The van der Waals surface area contributed by atoms with Crippen molar-refractivity contribution < 1.29 is 18.8 Å². The third kappa shape index (κ3) is 4.23. The van der Waals surface area contributed by atoms with Gasteiger partial charge in [0.25, 0.3) is 17.7 Å². The van der Waals surface area contributed by atoms with Gasteiger partial charge in [-0.1, -0.05) is 0 Å². The highest BCUT2D eigenvalue weighted by molar-refractivity contribution is 9.10. The molecule has 0 bridgehead atoms. The number of carbonyl (C=O) groups is 3. The first-order valence-corrected chi connectivity index (χ1v) is 8.65. The minimum Gasteiger partial charge on any atom is -0.364 e. The summed E-state index contributed by atoms with van der Waals surface area (Å²) < 4.78 is 13.5. The van der Waals surface area contributed by atoms with Crippen LogP contribution in [0.15, 0.2) is 53.3 Å². The number of benzene rings is 2. The van der Waals surface area contributed by atoms with Crippen LogP contribution in [0.3, 0.4) is 0 Å². The van der Waals surface area contributed by atoms with Crippen LogP contribution >= 0.6 is 15.9 Å². The minimum atomic E-state index is -0.823. The Balaban J connectivity index is 1.68. The van der Waals surface area contributed by atoms with Crippen LogP contribution in [-0.2, 0) is 0 Å². The van der Waals surface area contributed by atoms with Crippen LogP contribution in [0.25, 0.3) is 0 Å². The average Bonchev–Trinajstić information content (AvgIpc) is 3.13. The summed E-state index contributed by atoms with van der Waals surface area (Å²) in [6, 6.07) is 10.0. The summed E-state index contributed by atoms with van der Waals surface area (Å²) in [5.41, 5.74) is 6.12. The van der Waals surface area contributed by atoms with Gasteiger partial charge >= 0.3 is 0 Å². The number of anilines is 2. The molecule has 10 heteroatoms. The summed E-state index contributed by atoms with van der Waals surface area (Å²) in [6.45, 7) is 0. The Hall–Kier alpha value is -3.53. The molecular weight excluding hydrogens is 433 g/mol. The number of rotatable bonds is 5. The predicted octanol–water partition coefficient (Wildman–Crippen LogP) is 2.91. The molecule has 0 saturated carbocycles. The summed E-state index contributed by atoms with van der Waals surface area (Å²) in [5.74, 6) is -2.29. The number of hydrogen-bond acceptors (Lipinski definition) is 4. The van der Waals surface area contributed by atoms with Crippen molar-refractivity contribution in [1.29, 1.82) is 0 Å². The second kappa shape index (κ2) is 8.01. The third-order valence-corrected chi connectivity index (χ3v) is 4.33. The molecule has 0 radical (unpaired) electrons. The number of nitrogens with zero attached hydrogens (tertiary/aromatic N) is 1. The Labute approximate surface area is 166 Å². The van der Waals surface area contributed by atoms with Crippen molar-refractivity contribution >= 4 is 45.0 Å². The van der Waals surface area contributed by atoms with E-state index in [2.05, 4.69) is 36.5 Å². The second-order valence-corrected chi connectivity index (χ2v) is 6.45. The van der Waals surface area contributed by atoms with Crippen molar-refractivity contribution in [2.75, 3.05) is 10.6 Å². The first-order chi connectivity index (χ1) is 13.3. The van der Waals surface area contributed by atoms with E-state index >= 15 is 0 Å². The predicted molar refractivity (Wildman–Crippen MR) is 104 cm³/mol.